The van der Waals surface area contributed by atoms with Crippen LogP contribution in [0.1, 0.15) is 80.3 Å². The molecule has 1 saturated carbocycles. The lowest BCUT2D eigenvalue weighted by molar-refractivity contribution is -0.121. The molecule has 1 heterocycles. The average Bonchev–Trinajstić information content (AvgIpc) is 3.16. The van der Waals surface area contributed by atoms with Crippen molar-refractivity contribution in [1.29, 1.82) is 0 Å². The molecule has 0 unspecified atom stereocenters. The van der Waals surface area contributed by atoms with Crippen molar-refractivity contribution in [1.82, 2.24) is 0 Å². The van der Waals surface area contributed by atoms with Gasteiger partial charge in [0.1, 0.15) is 10.6 Å². The van der Waals surface area contributed by atoms with Crippen LogP contribution in [0, 0.1) is 25.7 Å². The smallest absolute Gasteiger partial charge is 0.341 e. The molecule has 1 aromatic carbocycles. The van der Waals surface area contributed by atoms with E-state index in [4.69, 9.17) is 4.74 Å². The minimum absolute atomic E-state index is 0.0274. The maximum atomic E-state index is 13.0. The number of hydrogen-bond acceptors (Lipinski definition) is 4. The number of nitrogens with one attached hydrogen (secondary N) is 1. The van der Waals surface area contributed by atoms with Crippen molar-refractivity contribution in [3.8, 4) is 11.1 Å². The molecule has 2 aromatic rings. The normalized spacial score (nSPS) is 18.6. The van der Waals surface area contributed by atoms with Crippen molar-refractivity contribution >= 4 is 28.2 Å². The van der Waals surface area contributed by atoms with E-state index in [9.17, 15) is 9.59 Å². The second-order valence-corrected chi connectivity index (χ2v) is 9.62. The van der Waals surface area contributed by atoms with E-state index < -0.39 is 0 Å². The highest BCUT2D eigenvalue weighted by molar-refractivity contribution is 7.15. The largest absolute Gasteiger partial charge is 0.462 e. The number of ether oxygens (including phenoxy) is 1. The van der Waals surface area contributed by atoms with Gasteiger partial charge in [0.25, 0.3) is 0 Å². The Morgan fingerprint density at radius 1 is 1.10 bits per heavy atom. The molecule has 4 nitrogen and oxygen atoms in total. The van der Waals surface area contributed by atoms with Gasteiger partial charge in [0.05, 0.1) is 6.61 Å². The first-order valence-corrected chi connectivity index (χ1v) is 12.5. The molecule has 168 valence electrons. The zero-order valence-corrected chi connectivity index (χ0v) is 20.1. The highest BCUT2D eigenvalue weighted by Crippen LogP contribution is 2.39. The van der Waals surface area contributed by atoms with Crippen LogP contribution in [-0.2, 0) is 9.53 Å². The lowest BCUT2D eigenvalue weighted by Crippen LogP contribution is -2.27. The van der Waals surface area contributed by atoms with E-state index >= 15 is 0 Å². The first-order valence-electron chi connectivity index (χ1n) is 11.6. The third-order valence-corrected chi connectivity index (χ3v) is 7.26. The van der Waals surface area contributed by atoms with Crippen molar-refractivity contribution in [2.45, 2.75) is 72.6 Å². The molecule has 1 aromatic heterocycles. The Bertz CT molecular complexity index is 909. The van der Waals surface area contributed by atoms with Crippen molar-refractivity contribution < 1.29 is 14.3 Å². The van der Waals surface area contributed by atoms with Gasteiger partial charge in [0, 0.05) is 16.9 Å². The summed E-state index contributed by atoms with van der Waals surface area (Å²) in [6.45, 7) is 8.43. The van der Waals surface area contributed by atoms with Crippen LogP contribution in [0.3, 0.4) is 0 Å². The summed E-state index contributed by atoms with van der Waals surface area (Å²) < 4.78 is 5.35. The summed E-state index contributed by atoms with van der Waals surface area (Å²) in [6.07, 6.45) is 7.91. The molecule has 0 aliphatic heterocycles. The van der Waals surface area contributed by atoms with Crippen molar-refractivity contribution in [2.24, 2.45) is 11.8 Å². The second kappa shape index (κ2) is 10.9. The van der Waals surface area contributed by atoms with Gasteiger partial charge in [-0.3, -0.25) is 4.79 Å². The first-order chi connectivity index (χ1) is 14.9. The van der Waals surface area contributed by atoms with Crippen LogP contribution >= 0.6 is 11.3 Å². The molecule has 1 aliphatic carbocycles. The molecule has 0 radical (unpaired) electrons. The summed E-state index contributed by atoms with van der Waals surface area (Å²) >= 11 is 1.41. The van der Waals surface area contributed by atoms with Crippen LogP contribution in [0.4, 0.5) is 5.00 Å². The predicted octanol–water partition coefficient (Wildman–Crippen LogP) is 7.14. The maximum Gasteiger partial charge on any atom is 0.341 e. The van der Waals surface area contributed by atoms with E-state index in [1.54, 1.807) is 6.92 Å². The predicted molar refractivity (Wildman–Crippen MR) is 129 cm³/mol. The van der Waals surface area contributed by atoms with Crippen LogP contribution < -0.4 is 5.32 Å². The molecule has 1 amide bonds. The number of anilines is 1. The average molecular weight is 442 g/mol. The van der Waals surface area contributed by atoms with Gasteiger partial charge in [-0.1, -0.05) is 49.9 Å². The topological polar surface area (TPSA) is 55.4 Å². The Hall–Kier alpha value is -2.14. The summed E-state index contributed by atoms with van der Waals surface area (Å²) in [6, 6.07) is 6.19. The SMILES string of the molecule is CCCCC1CCC(C(=O)Nc2scc(-c3ccc(C)cc3C)c2C(=O)OCC)CC1. The Morgan fingerprint density at radius 2 is 1.84 bits per heavy atom. The number of rotatable bonds is 8. The van der Waals surface area contributed by atoms with Gasteiger partial charge in [-0.2, -0.15) is 0 Å². The Morgan fingerprint density at radius 3 is 2.48 bits per heavy atom. The van der Waals surface area contributed by atoms with E-state index in [0.717, 1.165) is 48.3 Å². The van der Waals surface area contributed by atoms with Crippen LogP contribution in [0.2, 0.25) is 0 Å². The van der Waals surface area contributed by atoms with Gasteiger partial charge in [-0.05, 0) is 63.5 Å². The summed E-state index contributed by atoms with van der Waals surface area (Å²) in [5, 5.41) is 5.64. The Kier molecular flexibility index (Phi) is 8.30. The summed E-state index contributed by atoms with van der Waals surface area (Å²) in [7, 11) is 0. The fourth-order valence-electron chi connectivity index (χ4n) is 4.59. The highest BCUT2D eigenvalue weighted by Gasteiger charge is 2.29. The van der Waals surface area contributed by atoms with Crippen molar-refractivity contribution in [3.63, 3.8) is 0 Å². The highest BCUT2D eigenvalue weighted by atomic mass is 32.1. The lowest BCUT2D eigenvalue weighted by atomic mass is 9.79. The van der Waals surface area contributed by atoms with E-state index in [1.807, 2.05) is 24.4 Å². The van der Waals surface area contributed by atoms with E-state index in [0.29, 0.717) is 17.2 Å². The third-order valence-electron chi connectivity index (χ3n) is 6.36. The molecule has 0 spiro atoms. The number of esters is 1. The van der Waals surface area contributed by atoms with E-state index in [2.05, 4.69) is 25.2 Å². The Balaban J connectivity index is 1.79. The number of unbranched alkanes of at least 4 members (excludes halogenated alkanes) is 1. The third kappa shape index (κ3) is 5.76. The molecule has 1 N–H and O–H groups in total. The lowest BCUT2D eigenvalue weighted by Gasteiger charge is -2.27. The zero-order valence-electron chi connectivity index (χ0n) is 19.3. The number of amides is 1. The van der Waals surface area contributed by atoms with Gasteiger partial charge < -0.3 is 10.1 Å². The number of thiophene rings is 1. The number of carbonyl (C=O) groups is 2. The van der Waals surface area contributed by atoms with Crippen LogP contribution in [0.5, 0.6) is 0 Å². The van der Waals surface area contributed by atoms with Crippen LogP contribution in [-0.4, -0.2) is 18.5 Å². The minimum Gasteiger partial charge on any atom is -0.462 e. The number of benzene rings is 1. The van der Waals surface area contributed by atoms with Gasteiger partial charge in [0.15, 0.2) is 0 Å². The zero-order chi connectivity index (χ0) is 22.4. The minimum atomic E-state index is -0.378. The summed E-state index contributed by atoms with van der Waals surface area (Å²) in [4.78, 5) is 25.9. The van der Waals surface area contributed by atoms with Gasteiger partial charge in [0.2, 0.25) is 5.91 Å². The van der Waals surface area contributed by atoms with E-state index in [1.165, 1.54) is 36.2 Å². The summed E-state index contributed by atoms with van der Waals surface area (Å²) in [5.41, 5.74) is 4.59. The second-order valence-electron chi connectivity index (χ2n) is 8.74. The molecule has 5 heteroatoms. The quantitative estimate of drug-likeness (QED) is 0.443. The van der Waals surface area contributed by atoms with Gasteiger partial charge in [-0.15, -0.1) is 11.3 Å². The van der Waals surface area contributed by atoms with Gasteiger partial charge in [-0.25, -0.2) is 4.79 Å². The molecule has 3 rings (SSSR count). The molecule has 0 atom stereocenters. The van der Waals surface area contributed by atoms with Crippen LogP contribution in [0.15, 0.2) is 23.6 Å². The van der Waals surface area contributed by atoms with E-state index in [-0.39, 0.29) is 17.8 Å². The fourth-order valence-corrected chi connectivity index (χ4v) is 5.54. The molecule has 0 bridgehead atoms. The monoisotopic (exact) mass is 441 g/mol. The Labute approximate surface area is 190 Å². The number of hydrogen-bond donors (Lipinski definition) is 1. The molecule has 0 saturated heterocycles. The molecule has 31 heavy (non-hydrogen) atoms. The van der Waals surface area contributed by atoms with Crippen molar-refractivity contribution in [2.75, 3.05) is 11.9 Å². The standard InChI is InChI=1S/C26H35NO3S/c1-5-7-8-19-10-12-20(13-11-19)24(28)27-25-23(26(29)30-6-2)22(16-31-25)21-14-9-17(3)15-18(21)4/h9,14-16,19-20H,5-8,10-13H2,1-4H3,(H,27,28). The maximum absolute atomic E-state index is 13.0. The summed E-state index contributed by atoms with van der Waals surface area (Å²) in [5.74, 6) is 0.447. The van der Waals surface area contributed by atoms with Gasteiger partial charge >= 0.3 is 5.97 Å². The molecule has 1 aliphatic rings. The van der Waals surface area contributed by atoms with Crippen LogP contribution in [0.25, 0.3) is 11.1 Å². The number of carbonyl (C=O) groups excluding carboxylic acids is 2. The first kappa shape index (κ1) is 23.5. The molecular weight excluding hydrogens is 406 g/mol. The molecule has 1 fully saturated rings. The molecular formula is C26H35NO3S. The number of aryl methyl sites for hydroxylation is 2. The van der Waals surface area contributed by atoms with Crippen molar-refractivity contribution in [3.05, 3.63) is 40.3 Å². The fraction of sp³-hybridized carbons (Fsp3) is 0.538.